The van der Waals surface area contributed by atoms with Crippen LogP contribution in [0.25, 0.3) is 0 Å². The van der Waals surface area contributed by atoms with Gasteiger partial charge in [0.15, 0.2) is 0 Å². The molecule has 4 N–H and O–H groups in total. The van der Waals surface area contributed by atoms with Gasteiger partial charge in [-0.25, -0.2) is 0 Å². The topological polar surface area (TPSA) is 116 Å². The van der Waals surface area contributed by atoms with Crippen molar-refractivity contribution in [1.29, 1.82) is 0 Å². The number of nitrogens with one attached hydrogen (secondary N) is 2. The fraction of sp³-hybridized carbons (Fsp3) is 0.725. The number of amides is 2. The third kappa shape index (κ3) is 5.56. The van der Waals surface area contributed by atoms with Crippen LogP contribution in [-0.2, 0) is 16.1 Å². The lowest BCUT2D eigenvalue weighted by molar-refractivity contribution is -0.216. The predicted molar refractivity (Wildman–Crippen MR) is 183 cm³/mol. The van der Waals surface area contributed by atoms with Crippen molar-refractivity contribution in [1.82, 2.24) is 10.6 Å². The molecule has 0 radical (unpaired) electrons. The van der Waals surface area contributed by atoms with Gasteiger partial charge in [0.05, 0.1) is 17.9 Å². The monoisotopic (exact) mass is 646 g/mol. The summed E-state index contributed by atoms with van der Waals surface area (Å²) in [4.78, 5) is 37.5. The van der Waals surface area contributed by atoms with E-state index in [0.717, 1.165) is 44.1 Å². The smallest absolute Gasteiger partial charge is 0.305 e. The van der Waals surface area contributed by atoms with Crippen LogP contribution in [0.4, 0.5) is 0 Å². The molecule has 1 aromatic rings. The Morgan fingerprint density at radius 1 is 0.851 bits per heavy atom. The number of fused-ring (bicyclic) bond motifs is 7. The number of allylic oxidation sites excluding steroid dienone is 1. The van der Waals surface area contributed by atoms with E-state index in [0.29, 0.717) is 47.6 Å². The zero-order valence-electron chi connectivity index (χ0n) is 29.4. The van der Waals surface area contributed by atoms with Gasteiger partial charge in [0.1, 0.15) is 0 Å². The molecule has 1 aromatic carbocycles. The number of carboxylic acid groups (broad SMARTS) is 1. The van der Waals surface area contributed by atoms with Gasteiger partial charge in [-0.2, -0.15) is 0 Å². The molecule has 10 unspecified atom stereocenters. The second-order valence-electron chi connectivity index (χ2n) is 17.4. The van der Waals surface area contributed by atoms with Crippen LogP contribution in [0.1, 0.15) is 121 Å². The zero-order valence-corrected chi connectivity index (χ0v) is 29.4. The Labute approximate surface area is 281 Å². The highest BCUT2D eigenvalue weighted by Gasteiger charge is 2.68. The first kappa shape index (κ1) is 34.2. The van der Waals surface area contributed by atoms with Gasteiger partial charge in [0, 0.05) is 18.7 Å². The van der Waals surface area contributed by atoms with Gasteiger partial charge in [-0.15, -0.1) is 0 Å². The summed E-state index contributed by atoms with van der Waals surface area (Å²) < 4.78 is 0. The molecule has 0 saturated heterocycles. The zero-order chi connectivity index (χ0) is 33.9. The van der Waals surface area contributed by atoms with Crippen molar-refractivity contribution in [2.24, 2.45) is 57.2 Å². The van der Waals surface area contributed by atoms with Gasteiger partial charge in [-0.05, 0) is 141 Å². The summed E-state index contributed by atoms with van der Waals surface area (Å²) in [6, 6.07) is 7.21. The number of hydrogen-bond donors (Lipinski definition) is 4. The van der Waals surface area contributed by atoms with Crippen LogP contribution in [-0.4, -0.2) is 40.6 Å². The number of hydrogen-bond acceptors (Lipinski definition) is 4. The highest BCUT2D eigenvalue weighted by atomic mass is 16.4. The molecule has 258 valence electrons. The fourth-order valence-electron chi connectivity index (χ4n) is 12.7. The van der Waals surface area contributed by atoms with Crippen LogP contribution in [0, 0.1) is 57.2 Å². The van der Waals surface area contributed by atoms with E-state index in [1.807, 2.05) is 12.1 Å². The fourth-order valence-corrected chi connectivity index (χ4v) is 12.7. The standard InChI is InChI=1S/C40H58N2O5/c1-24(2)27-13-20-40(36(47)42-23-25-7-9-26(10-8-25)35(46)41-22-17-33(44)45)21-14-29-28(34(27)40)11-12-31-38(29,5)18-15-30-37(3,4)32(43)16-19-39(30,31)6/h7-10,27-32,34,43H,1,11-23H2,2-6H3,(H,41,46)(H,42,47)(H,44,45). The molecular weight excluding hydrogens is 588 g/mol. The summed E-state index contributed by atoms with van der Waals surface area (Å²) in [5.74, 6) is 2.00. The van der Waals surface area contributed by atoms with Crippen LogP contribution < -0.4 is 10.6 Å². The number of aliphatic hydroxyl groups is 1. The van der Waals surface area contributed by atoms with Crippen molar-refractivity contribution in [2.75, 3.05) is 6.54 Å². The number of aliphatic carboxylic acids is 1. The van der Waals surface area contributed by atoms with Crippen molar-refractivity contribution in [3.05, 3.63) is 47.5 Å². The van der Waals surface area contributed by atoms with Gasteiger partial charge in [-0.3, -0.25) is 14.4 Å². The number of carboxylic acids is 1. The van der Waals surface area contributed by atoms with Gasteiger partial charge in [-0.1, -0.05) is 52.0 Å². The van der Waals surface area contributed by atoms with Crippen LogP contribution in [0.5, 0.6) is 0 Å². The third-order valence-electron chi connectivity index (χ3n) is 14.9. The summed E-state index contributed by atoms with van der Waals surface area (Å²) in [7, 11) is 0. The van der Waals surface area contributed by atoms with Gasteiger partial charge in [0.2, 0.25) is 5.91 Å². The molecule has 7 heteroatoms. The first-order chi connectivity index (χ1) is 22.1. The number of benzene rings is 1. The van der Waals surface area contributed by atoms with Crippen molar-refractivity contribution in [3.8, 4) is 0 Å². The average Bonchev–Trinajstić information content (AvgIpc) is 3.44. The quantitative estimate of drug-likeness (QED) is 0.224. The Morgan fingerprint density at radius 2 is 1.53 bits per heavy atom. The Bertz CT molecular complexity index is 1400. The van der Waals surface area contributed by atoms with E-state index in [1.54, 1.807) is 12.1 Å². The van der Waals surface area contributed by atoms with E-state index in [-0.39, 0.29) is 52.5 Å². The van der Waals surface area contributed by atoms with Gasteiger partial charge in [0.25, 0.3) is 5.91 Å². The van der Waals surface area contributed by atoms with Crippen molar-refractivity contribution in [3.63, 3.8) is 0 Å². The molecule has 5 aliphatic carbocycles. The Balaban J connectivity index is 1.18. The summed E-state index contributed by atoms with van der Waals surface area (Å²) in [6.07, 6.45) is 10.6. The van der Waals surface area contributed by atoms with E-state index in [9.17, 15) is 19.5 Å². The average molecular weight is 647 g/mol. The molecule has 0 aromatic heterocycles. The lowest BCUT2D eigenvalue weighted by atomic mass is 9.36. The second-order valence-corrected chi connectivity index (χ2v) is 17.4. The highest BCUT2D eigenvalue weighted by molar-refractivity contribution is 5.94. The summed E-state index contributed by atoms with van der Waals surface area (Å²) in [5.41, 5.74) is 2.75. The summed E-state index contributed by atoms with van der Waals surface area (Å²) in [6.45, 7) is 17.0. The van der Waals surface area contributed by atoms with Gasteiger partial charge >= 0.3 is 5.97 Å². The first-order valence-electron chi connectivity index (χ1n) is 18.4. The van der Waals surface area contributed by atoms with E-state index < -0.39 is 5.97 Å². The number of carbonyl (C=O) groups is 3. The summed E-state index contributed by atoms with van der Waals surface area (Å²) in [5, 5.41) is 25.8. The minimum absolute atomic E-state index is 0.0455. The molecule has 0 aliphatic heterocycles. The maximum absolute atomic E-state index is 14.4. The van der Waals surface area contributed by atoms with E-state index in [1.165, 1.54) is 31.3 Å². The van der Waals surface area contributed by atoms with Crippen molar-refractivity contribution < 1.29 is 24.6 Å². The molecule has 47 heavy (non-hydrogen) atoms. The maximum atomic E-state index is 14.4. The Kier molecular flexibility index (Phi) is 8.98. The van der Waals surface area contributed by atoms with Gasteiger partial charge < -0.3 is 20.8 Å². The molecule has 0 spiro atoms. The lowest BCUT2D eigenvalue weighted by Gasteiger charge is -2.69. The number of aliphatic hydroxyl groups excluding tert-OH is 1. The molecule has 0 heterocycles. The maximum Gasteiger partial charge on any atom is 0.305 e. The van der Waals surface area contributed by atoms with Crippen LogP contribution in [0.15, 0.2) is 36.4 Å². The molecular formula is C40H58N2O5. The molecule has 5 fully saturated rings. The first-order valence-corrected chi connectivity index (χ1v) is 18.4. The molecule has 0 bridgehead atoms. The van der Waals surface area contributed by atoms with E-state index >= 15 is 0 Å². The Morgan fingerprint density at radius 3 is 2.21 bits per heavy atom. The lowest BCUT2D eigenvalue weighted by Crippen LogP contribution is -2.64. The van der Waals surface area contributed by atoms with Crippen molar-refractivity contribution in [2.45, 2.75) is 118 Å². The van der Waals surface area contributed by atoms with Crippen LogP contribution in [0.3, 0.4) is 0 Å². The third-order valence-corrected chi connectivity index (χ3v) is 14.9. The molecule has 7 nitrogen and oxygen atoms in total. The van der Waals surface area contributed by atoms with E-state index in [4.69, 9.17) is 5.11 Å². The largest absolute Gasteiger partial charge is 0.481 e. The molecule has 6 rings (SSSR count). The normalized spacial score (nSPS) is 40.2. The second kappa shape index (κ2) is 12.3. The van der Waals surface area contributed by atoms with Crippen molar-refractivity contribution >= 4 is 17.8 Å². The molecule has 5 aliphatic rings. The van der Waals surface area contributed by atoms with Crippen LogP contribution in [0.2, 0.25) is 0 Å². The highest BCUT2D eigenvalue weighted by Crippen LogP contribution is 2.73. The molecule has 10 atom stereocenters. The summed E-state index contributed by atoms with van der Waals surface area (Å²) >= 11 is 0. The molecule has 5 saturated carbocycles. The van der Waals surface area contributed by atoms with Crippen LogP contribution >= 0.6 is 0 Å². The number of carbonyl (C=O) groups excluding carboxylic acids is 2. The minimum atomic E-state index is -0.947. The number of rotatable bonds is 8. The molecule has 2 amide bonds. The minimum Gasteiger partial charge on any atom is -0.481 e. The SMILES string of the molecule is C=C(C)C1CCC2(C(=O)NCc3ccc(C(=O)NCCC(=O)O)cc3)CCC3C(CCC4C3(C)CCC3C(C)(C)C(O)CCC34C)C12. The predicted octanol–water partition coefficient (Wildman–Crippen LogP) is 7.14. The van der Waals surface area contributed by atoms with E-state index in [2.05, 4.69) is 51.8 Å². The Hall–Kier alpha value is -2.67.